The highest BCUT2D eigenvalue weighted by atomic mass is 35.5. The normalized spacial score (nSPS) is 13.6. The third kappa shape index (κ3) is 5.28. The number of aliphatic carboxylic acids is 1. The highest BCUT2D eigenvalue weighted by molar-refractivity contribution is 6.30. The molecule has 1 rings (SSSR count). The maximum Gasteiger partial charge on any atom is 0.303 e. The third-order valence-electron chi connectivity index (χ3n) is 2.71. The number of amides is 1. The van der Waals surface area contributed by atoms with Crippen LogP contribution >= 0.6 is 11.6 Å². The lowest BCUT2D eigenvalue weighted by Gasteiger charge is -2.17. The van der Waals surface area contributed by atoms with E-state index in [1.807, 2.05) is 13.0 Å². The molecule has 104 valence electrons. The van der Waals surface area contributed by atoms with Gasteiger partial charge in [-0.3, -0.25) is 9.59 Å². The van der Waals surface area contributed by atoms with Gasteiger partial charge in [0.05, 0.1) is 12.1 Å². The minimum atomic E-state index is -0.967. The molecule has 1 aromatic carbocycles. The first-order chi connectivity index (χ1) is 8.90. The summed E-state index contributed by atoms with van der Waals surface area (Å²) in [6.07, 6.45) is -0.0104. The summed E-state index contributed by atoms with van der Waals surface area (Å²) in [4.78, 5) is 22.2. The van der Waals surface area contributed by atoms with Crippen molar-refractivity contribution in [2.75, 3.05) is 0 Å². The SMILES string of the molecule is CC(NC(=O)C(N)CCC(=O)O)c1cccc(Cl)c1. The van der Waals surface area contributed by atoms with E-state index < -0.39 is 12.0 Å². The average Bonchev–Trinajstić information content (AvgIpc) is 2.35. The molecule has 0 heterocycles. The van der Waals surface area contributed by atoms with Crippen LogP contribution in [-0.2, 0) is 9.59 Å². The maximum absolute atomic E-state index is 11.8. The van der Waals surface area contributed by atoms with E-state index in [0.717, 1.165) is 5.56 Å². The fraction of sp³-hybridized carbons (Fsp3) is 0.385. The second-order valence-corrected chi connectivity index (χ2v) is 4.76. The number of nitrogens with one attached hydrogen (secondary N) is 1. The molecule has 6 heteroatoms. The zero-order valence-corrected chi connectivity index (χ0v) is 11.4. The van der Waals surface area contributed by atoms with E-state index in [4.69, 9.17) is 22.4 Å². The van der Waals surface area contributed by atoms with Crippen molar-refractivity contribution < 1.29 is 14.7 Å². The fourth-order valence-corrected chi connectivity index (χ4v) is 1.79. The Hall–Kier alpha value is -1.59. The van der Waals surface area contributed by atoms with Crippen molar-refractivity contribution in [3.05, 3.63) is 34.9 Å². The Morgan fingerprint density at radius 2 is 2.16 bits per heavy atom. The van der Waals surface area contributed by atoms with E-state index in [1.54, 1.807) is 18.2 Å². The Labute approximate surface area is 116 Å². The van der Waals surface area contributed by atoms with Crippen molar-refractivity contribution in [2.24, 2.45) is 5.73 Å². The summed E-state index contributed by atoms with van der Waals surface area (Å²) in [5, 5.41) is 11.9. The molecule has 0 aromatic heterocycles. The molecule has 0 aliphatic carbocycles. The fourth-order valence-electron chi connectivity index (χ4n) is 1.59. The Balaban J connectivity index is 2.54. The van der Waals surface area contributed by atoms with Crippen LogP contribution in [0.15, 0.2) is 24.3 Å². The van der Waals surface area contributed by atoms with E-state index in [0.29, 0.717) is 5.02 Å². The first kappa shape index (κ1) is 15.5. The quantitative estimate of drug-likeness (QED) is 0.741. The standard InChI is InChI=1S/C13H17ClN2O3/c1-8(9-3-2-4-10(14)7-9)16-13(19)11(15)5-6-12(17)18/h2-4,7-8,11H,5-6,15H2,1H3,(H,16,19)(H,17,18). The van der Waals surface area contributed by atoms with Gasteiger partial charge >= 0.3 is 5.97 Å². The number of carboxylic acid groups (broad SMARTS) is 1. The number of halogens is 1. The van der Waals surface area contributed by atoms with Gasteiger partial charge in [0.1, 0.15) is 0 Å². The number of nitrogens with two attached hydrogens (primary N) is 1. The molecule has 0 bridgehead atoms. The van der Waals surface area contributed by atoms with Crippen LogP contribution in [0.2, 0.25) is 5.02 Å². The lowest BCUT2D eigenvalue weighted by Crippen LogP contribution is -2.41. The van der Waals surface area contributed by atoms with Gasteiger partial charge < -0.3 is 16.2 Å². The van der Waals surface area contributed by atoms with Crippen molar-refractivity contribution in [3.63, 3.8) is 0 Å². The molecule has 0 aliphatic heterocycles. The Bertz CT molecular complexity index is 465. The summed E-state index contributed by atoms with van der Waals surface area (Å²) in [5.41, 5.74) is 6.49. The van der Waals surface area contributed by atoms with E-state index in [9.17, 15) is 9.59 Å². The molecule has 2 unspecified atom stereocenters. The predicted molar refractivity (Wildman–Crippen MR) is 72.9 cm³/mol. The number of carbonyl (C=O) groups excluding carboxylic acids is 1. The van der Waals surface area contributed by atoms with Crippen LogP contribution in [0.4, 0.5) is 0 Å². The first-order valence-corrected chi connectivity index (χ1v) is 6.31. The second-order valence-electron chi connectivity index (χ2n) is 4.32. The summed E-state index contributed by atoms with van der Waals surface area (Å²) in [6, 6.07) is 6.09. The molecule has 1 aromatic rings. The largest absolute Gasteiger partial charge is 0.481 e. The predicted octanol–water partition coefficient (Wildman–Crippen LogP) is 1.71. The van der Waals surface area contributed by atoms with Gasteiger partial charge in [0.25, 0.3) is 0 Å². The topological polar surface area (TPSA) is 92.4 Å². The Morgan fingerprint density at radius 3 is 2.74 bits per heavy atom. The number of rotatable bonds is 6. The zero-order chi connectivity index (χ0) is 14.4. The minimum absolute atomic E-state index is 0.115. The minimum Gasteiger partial charge on any atom is -0.481 e. The van der Waals surface area contributed by atoms with Crippen molar-refractivity contribution >= 4 is 23.5 Å². The van der Waals surface area contributed by atoms with E-state index in [1.165, 1.54) is 0 Å². The third-order valence-corrected chi connectivity index (χ3v) is 2.95. The van der Waals surface area contributed by atoms with Gasteiger partial charge in [-0.15, -0.1) is 0 Å². The van der Waals surface area contributed by atoms with Crippen molar-refractivity contribution in [3.8, 4) is 0 Å². The number of carboxylic acids is 1. The molecule has 0 spiro atoms. The molecule has 19 heavy (non-hydrogen) atoms. The number of carbonyl (C=O) groups is 2. The van der Waals surface area contributed by atoms with Crippen LogP contribution in [0, 0.1) is 0 Å². The van der Waals surface area contributed by atoms with Crippen molar-refractivity contribution in [1.29, 1.82) is 0 Å². The van der Waals surface area contributed by atoms with Crippen molar-refractivity contribution in [2.45, 2.75) is 31.8 Å². The molecule has 0 fully saturated rings. The highest BCUT2D eigenvalue weighted by Gasteiger charge is 2.17. The monoisotopic (exact) mass is 284 g/mol. The molecule has 0 saturated heterocycles. The van der Waals surface area contributed by atoms with Gasteiger partial charge in [-0.05, 0) is 31.0 Å². The number of hydrogen-bond donors (Lipinski definition) is 3. The summed E-state index contributed by atoms with van der Waals surface area (Å²) >= 11 is 5.87. The van der Waals surface area contributed by atoms with Gasteiger partial charge in [-0.1, -0.05) is 23.7 Å². The van der Waals surface area contributed by atoms with Gasteiger partial charge in [0.2, 0.25) is 5.91 Å². The molecule has 5 nitrogen and oxygen atoms in total. The summed E-state index contributed by atoms with van der Waals surface area (Å²) < 4.78 is 0. The van der Waals surface area contributed by atoms with Gasteiger partial charge in [-0.2, -0.15) is 0 Å². The zero-order valence-electron chi connectivity index (χ0n) is 10.6. The van der Waals surface area contributed by atoms with Gasteiger partial charge in [0, 0.05) is 11.4 Å². The van der Waals surface area contributed by atoms with Crippen LogP contribution in [0.3, 0.4) is 0 Å². The van der Waals surface area contributed by atoms with Crippen LogP contribution in [0.5, 0.6) is 0 Å². The van der Waals surface area contributed by atoms with Crippen LogP contribution < -0.4 is 11.1 Å². The number of hydrogen-bond acceptors (Lipinski definition) is 3. The number of benzene rings is 1. The van der Waals surface area contributed by atoms with Gasteiger partial charge in [-0.25, -0.2) is 0 Å². The summed E-state index contributed by atoms with van der Waals surface area (Å²) in [6.45, 7) is 1.81. The molecule has 2 atom stereocenters. The molecule has 1 amide bonds. The van der Waals surface area contributed by atoms with Crippen LogP contribution in [0.25, 0.3) is 0 Å². The molecular weight excluding hydrogens is 268 g/mol. The highest BCUT2D eigenvalue weighted by Crippen LogP contribution is 2.17. The van der Waals surface area contributed by atoms with Crippen molar-refractivity contribution in [1.82, 2.24) is 5.32 Å². The van der Waals surface area contributed by atoms with E-state index in [-0.39, 0.29) is 24.8 Å². The molecule has 4 N–H and O–H groups in total. The van der Waals surface area contributed by atoms with Gasteiger partial charge in [0.15, 0.2) is 0 Å². The first-order valence-electron chi connectivity index (χ1n) is 5.93. The maximum atomic E-state index is 11.8. The lowest BCUT2D eigenvalue weighted by molar-refractivity contribution is -0.137. The van der Waals surface area contributed by atoms with Crippen LogP contribution in [0.1, 0.15) is 31.4 Å². The molecule has 0 saturated carbocycles. The summed E-state index contributed by atoms with van der Waals surface area (Å²) in [5.74, 6) is -1.33. The Kier molecular flexibility index (Phi) is 5.79. The molecule has 0 aliphatic rings. The van der Waals surface area contributed by atoms with E-state index in [2.05, 4.69) is 5.32 Å². The molecular formula is C13H17ClN2O3. The smallest absolute Gasteiger partial charge is 0.303 e. The molecule has 0 radical (unpaired) electrons. The second kappa shape index (κ2) is 7.11. The average molecular weight is 285 g/mol. The summed E-state index contributed by atoms with van der Waals surface area (Å²) in [7, 11) is 0. The Morgan fingerprint density at radius 1 is 1.47 bits per heavy atom. The van der Waals surface area contributed by atoms with E-state index >= 15 is 0 Å². The lowest BCUT2D eigenvalue weighted by atomic mass is 10.1. The van der Waals surface area contributed by atoms with Crippen LogP contribution in [-0.4, -0.2) is 23.0 Å².